The van der Waals surface area contributed by atoms with E-state index in [1.807, 2.05) is 35.4 Å². The number of hydrogen-bond donors (Lipinski definition) is 1. The van der Waals surface area contributed by atoms with Crippen molar-refractivity contribution < 1.29 is 24.3 Å². The van der Waals surface area contributed by atoms with Crippen LogP contribution in [0.2, 0.25) is 0 Å². The summed E-state index contributed by atoms with van der Waals surface area (Å²) in [4.78, 5) is 43.4. The van der Waals surface area contributed by atoms with E-state index in [9.17, 15) is 14.7 Å². The van der Waals surface area contributed by atoms with Gasteiger partial charge in [0.05, 0.1) is 11.3 Å². The highest BCUT2D eigenvalue weighted by Gasteiger charge is 2.26. The summed E-state index contributed by atoms with van der Waals surface area (Å²) in [5, 5.41) is 9.70. The molecule has 4 rings (SSSR count). The lowest BCUT2D eigenvalue weighted by Crippen LogP contribution is -2.39. The Morgan fingerprint density at radius 1 is 0.941 bits per heavy atom. The van der Waals surface area contributed by atoms with Crippen molar-refractivity contribution in [3.8, 4) is 5.69 Å². The summed E-state index contributed by atoms with van der Waals surface area (Å²) in [6.45, 7) is 7.35. The minimum absolute atomic E-state index is 0.0440. The highest BCUT2D eigenvalue weighted by molar-refractivity contribution is 5.98. The fourth-order valence-corrected chi connectivity index (χ4v) is 4.53. The summed E-state index contributed by atoms with van der Waals surface area (Å²) >= 11 is 0. The lowest BCUT2D eigenvalue weighted by atomic mass is 9.90. The van der Waals surface area contributed by atoms with Gasteiger partial charge in [0.25, 0.3) is 5.91 Å². The maximum atomic E-state index is 13.4. The van der Waals surface area contributed by atoms with E-state index in [0.717, 1.165) is 30.8 Å². The molecule has 7 heteroatoms. The van der Waals surface area contributed by atoms with E-state index < -0.39 is 5.97 Å². The summed E-state index contributed by atoms with van der Waals surface area (Å²) < 4.78 is 1.89. The van der Waals surface area contributed by atoms with Crippen molar-refractivity contribution in [1.82, 2.24) is 9.47 Å². The van der Waals surface area contributed by atoms with Gasteiger partial charge in [0.2, 0.25) is 0 Å². The number of rotatable bonds is 4. The maximum Gasteiger partial charge on any atom is 0.373 e. The predicted octanol–water partition coefficient (Wildman–Crippen LogP) is 4.54. The van der Waals surface area contributed by atoms with E-state index in [4.69, 9.17) is 9.59 Å². The number of carboxylic acid groups (broad SMARTS) is 1. The van der Waals surface area contributed by atoms with E-state index in [1.165, 1.54) is 11.1 Å². The minimum atomic E-state index is -1.00. The van der Waals surface area contributed by atoms with Gasteiger partial charge in [0.15, 0.2) is 0 Å². The van der Waals surface area contributed by atoms with Gasteiger partial charge >= 0.3 is 12.1 Å². The van der Waals surface area contributed by atoms with Crippen LogP contribution in [0.25, 0.3) is 5.69 Å². The first-order valence-electron chi connectivity index (χ1n) is 11.1. The molecule has 1 aliphatic rings. The van der Waals surface area contributed by atoms with E-state index in [1.54, 1.807) is 18.2 Å². The lowest BCUT2D eigenvalue weighted by Gasteiger charge is -2.33. The topological polar surface area (TPSA) is 96.7 Å². The monoisotopic (exact) mass is 460 g/mol. The first-order valence-corrected chi connectivity index (χ1v) is 11.1. The molecular weight excluding hydrogens is 432 g/mol. The third-order valence-corrected chi connectivity index (χ3v) is 6.24. The van der Waals surface area contributed by atoms with Crippen LogP contribution in [-0.2, 0) is 9.59 Å². The van der Waals surface area contributed by atoms with Crippen molar-refractivity contribution in [2.75, 3.05) is 13.1 Å². The van der Waals surface area contributed by atoms with E-state index in [-0.39, 0.29) is 17.6 Å². The van der Waals surface area contributed by atoms with Crippen molar-refractivity contribution in [2.24, 2.45) is 0 Å². The van der Waals surface area contributed by atoms with Gasteiger partial charge in [-0.2, -0.15) is 9.59 Å². The zero-order valence-corrected chi connectivity index (χ0v) is 19.6. The standard InChI is InChI=1S/C26H28N2O3.CO2/c1-17-6-10-20(11-7-17)22-5-4-14-27(16-22)25(29)21-12-13-23(26(30)31)24(15-21)28-18(2)8-9-19(28)3;2-1-3/h6-13,15,22H,4-5,14,16H2,1-3H3,(H,30,31);. The van der Waals surface area contributed by atoms with Crippen molar-refractivity contribution in [1.29, 1.82) is 0 Å². The van der Waals surface area contributed by atoms with Gasteiger partial charge in [-0.3, -0.25) is 4.79 Å². The highest BCUT2D eigenvalue weighted by Crippen LogP contribution is 2.29. The molecule has 2 heterocycles. The largest absolute Gasteiger partial charge is 0.478 e. The maximum absolute atomic E-state index is 13.4. The molecule has 1 aliphatic heterocycles. The minimum Gasteiger partial charge on any atom is -0.478 e. The summed E-state index contributed by atoms with van der Waals surface area (Å²) in [6.07, 6.45) is 2.28. The van der Waals surface area contributed by atoms with Crippen LogP contribution in [0, 0.1) is 20.8 Å². The quantitative estimate of drug-likeness (QED) is 0.617. The average molecular weight is 461 g/mol. The number of piperidine rings is 1. The van der Waals surface area contributed by atoms with Crippen molar-refractivity contribution in [3.63, 3.8) is 0 Å². The van der Waals surface area contributed by atoms with Gasteiger partial charge in [0, 0.05) is 36.0 Å². The van der Waals surface area contributed by atoms with Crippen molar-refractivity contribution in [3.05, 3.63) is 88.2 Å². The number of aryl methyl sites for hydroxylation is 3. The Kier molecular flexibility index (Phi) is 7.82. The number of hydrogen-bond acceptors (Lipinski definition) is 4. The number of carbonyl (C=O) groups is 2. The van der Waals surface area contributed by atoms with Gasteiger partial charge in [0.1, 0.15) is 0 Å². The molecule has 1 saturated heterocycles. The Hall–Kier alpha value is -3.96. The summed E-state index contributed by atoms with van der Waals surface area (Å²) in [5.74, 6) is -0.721. The van der Waals surface area contributed by atoms with Crippen LogP contribution in [-0.4, -0.2) is 45.7 Å². The van der Waals surface area contributed by atoms with E-state index >= 15 is 0 Å². The number of aromatic carboxylic acids is 1. The van der Waals surface area contributed by atoms with Crippen LogP contribution in [0.4, 0.5) is 0 Å². The van der Waals surface area contributed by atoms with Crippen LogP contribution in [0.1, 0.15) is 62.0 Å². The normalized spacial score (nSPS) is 15.1. The van der Waals surface area contributed by atoms with Crippen molar-refractivity contribution >= 4 is 18.0 Å². The molecule has 1 fully saturated rings. The molecule has 176 valence electrons. The molecule has 0 aliphatic carbocycles. The van der Waals surface area contributed by atoms with Crippen LogP contribution in [0.5, 0.6) is 0 Å². The fourth-order valence-electron chi connectivity index (χ4n) is 4.53. The van der Waals surface area contributed by atoms with Crippen LogP contribution >= 0.6 is 0 Å². The molecule has 3 aromatic rings. The molecule has 1 amide bonds. The molecule has 34 heavy (non-hydrogen) atoms. The Bertz CT molecular complexity index is 1200. The molecular formula is C27H28N2O5. The Morgan fingerprint density at radius 2 is 1.56 bits per heavy atom. The summed E-state index contributed by atoms with van der Waals surface area (Å²) in [7, 11) is 0. The molecule has 1 aromatic heterocycles. The molecule has 0 spiro atoms. The van der Waals surface area contributed by atoms with Crippen LogP contribution < -0.4 is 0 Å². The first-order chi connectivity index (χ1) is 16.3. The second-order valence-electron chi connectivity index (χ2n) is 8.57. The molecule has 7 nitrogen and oxygen atoms in total. The number of benzene rings is 2. The second-order valence-corrected chi connectivity index (χ2v) is 8.57. The molecule has 2 aromatic carbocycles. The van der Waals surface area contributed by atoms with Gasteiger partial charge in [-0.05, 0) is 69.5 Å². The second kappa shape index (κ2) is 10.8. The summed E-state index contributed by atoms with van der Waals surface area (Å²) in [5.41, 5.74) is 5.61. The average Bonchev–Trinajstić information content (AvgIpc) is 3.17. The molecule has 0 bridgehead atoms. The zero-order chi connectivity index (χ0) is 24.8. The Labute approximate surface area is 198 Å². The number of aromatic nitrogens is 1. The molecule has 0 radical (unpaired) electrons. The number of carbonyl (C=O) groups excluding carboxylic acids is 3. The molecule has 1 atom stereocenters. The smallest absolute Gasteiger partial charge is 0.373 e. The highest BCUT2D eigenvalue weighted by atomic mass is 16.4. The van der Waals surface area contributed by atoms with Gasteiger partial charge in [-0.1, -0.05) is 29.8 Å². The van der Waals surface area contributed by atoms with E-state index in [2.05, 4.69) is 31.2 Å². The number of likely N-dealkylation sites (tertiary alicyclic amines) is 1. The predicted molar refractivity (Wildman–Crippen MR) is 126 cm³/mol. The third kappa shape index (κ3) is 5.33. The van der Waals surface area contributed by atoms with E-state index in [0.29, 0.717) is 23.7 Å². The van der Waals surface area contributed by atoms with Crippen LogP contribution in [0.3, 0.4) is 0 Å². The first kappa shape index (κ1) is 24.7. The third-order valence-electron chi connectivity index (χ3n) is 6.24. The number of nitrogens with zero attached hydrogens (tertiary/aromatic N) is 2. The number of carboxylic acids is 1. The molecule has 1 unspecified atom stereocenters. The van der Waals surface area contributed by atoms with Gasteiger partial charge < -0.3 is 14.6 Å². The zero-order valence-electron chi connectivity index (χ0n) is 19.6. The SMILES string of the molecule is Cc1ccc(C2CCCN(C(=O)c3ccc(C(=O)O)c(-n4c(C)ccc4C)c3)C2)cc1.O=C=O. The van der Waals surface area contributed by atoms with Crippen LogP contribution in [0.15, 0.2) is 54.6 Å². The van der Waals surface area contributed by atoms with Gasteiger partial charge in [-0.15, -0.1) is 0 Å². The molecule has 0 saturated carbocycles. The van der Waals surface area contributed by atoms with Crippen molar-refractivity contribution in [2.45, 2.75) is 39.5 Å². The Morgan fingerprint density at radius 3 is 2.15 bits per heavy atom. The fraction of sp³-hybridized carbons (Fsp3) is 0.296. The Balaban J connectivity index is 0.00000103. The molecule has 1 N–H and O–H groups in total. The van der Waals surface area contributed by atoms with Gasteiger partial charge in [-0.25, -0.2) is 4.79 Å². The number of amides is 1. The summed E-state index contributed by atoms with van der Waals surface area (Å²) in [6, 6.07) is 17.4. The lowest BCUT2D eigenvalue weighted by molar-refractivity contribution is -0.191.